The summed E-state index contributed by atoms with van der Waals surface area (Å²) >= 11 is 0. The standard InChI is InChI=1S/C15H26N4O.HI/c1-4-16-15(19-9-5-6-10-19)17-12-13(18(2)3)14-8-7-11-20-14;/h7-8,11,13H,4-6,9-10,12H2,1-3H3,(H,16,17);1H. The minimum atomic E-state index is 0. The molecule has 1 aromatic rings. The van der Waals surface area contributed by atoms with Crippen molar-refractivity contribution in [1.82, 2.24) is 15.1 Å². The predicted molar refractivity (Wildman–Crippen MR) is 97.3 cm³/mol. The van der Waals surface area contributed by atoms with E-state index in [9.17, 15) is 0 Å². The highest BCUT2D eigenvalue weighted by Crippen LogP contribution is 2.19. The maximum absolute atomic E-state index is 5.53. The van der Waals surface area contributed by atoms with Crippen LogP contribution in [0.3, 0.4) is 0 Å². The third kappa shape index (κ3) is 5.18. The number of furan rings is 1. The van der Waals surface area contributed by atoms with Crippen molar-refractivity contribution in [3.63, 3.8) is 0 Å². The number of guanidine groups is 1. The van der Waals surface area contributed by atoms with Crippen molar-refractivity contribution in [1.29, 1.82) is 0 Å². The van der Waals surface area contributed by atoms with Gasteiger partial charge < -0.3 is 14.6 Å². The summed E-state index contributed by atoms with van der Waals surface area (Å²) in [4.78, 5) is 9.30. The van der Waals surface area contributed by atoms with Crippen LogP contribution in [-0.4, -0.2) is 56.0 Å². The molecule has 0 bridgehead atoms. The first-order valence-corrected chi connectivity index (χ1v) is 7.45. The topological polar surface area (TPSA) is 44.0 Å². The summed E-state index contributed by atoms with van der Waals surface area (Å²) in [5.41, 5.74) is 0. The maximum Gasteiger partial charge on any atom is 0.193 e. The van der Waals surface area contributed by atoms with Crippen LogP contribution in [0, 0.1) is 0 Å². The highest BCUT2D eigenvalue weighted by Gasteiger charge is 2.19. The minimum absolute atomic E-state index is 0. The van der Waals surface area contributed by atoms with Gasteiger partial charge in [0.2, 0.25) is 0 Å². The molecule has 1 aromatic heterocycles. The van der Waals surface area contributed by atoms with Crippen LogP contribution in [-0.2, 0) is 0 Å². The van der Waals surface area contributed by atoms with Gasteiger partial charge in [-0.2, -0.15) is 0 Å². The molecule has 21 heavy (non-hydrogen) atoms. The Kier molecular flexibility index (Phi) is 8.10. The summed E-state index contributed by atoms with van der Waals surface area (Å²) in [6.07, 6.45) is 4.25. The Morgan fingerprint density at radius 1 is 1.43 bits per heavy atom. The first kappa shape index (κ1) is 18.3. The van der Waals surface area contributed by atoms with Gasteiger partial charge in [-0.05, 0) is 46.0 Å². The van der Waals surface area contributed by atoms with Crippen LogP contribution in [0.5, 0.6) is 0 Å². The van der Waals surface area contributed by atoms with Gasteiger partial charge in [-0.15, -0.1) is 24.0 Å². The molecule has 1 aliphatic rings. The summed E-state index contributed by atoms with van der Waals surface area (Å²) < 4.78 is 5.53. The number of likely N-dealkylation sites (N-methyl/N-ethyl adjacent to an activating group) is 1. The normalized spacial score (nSPS) is 17.0. The quantitative estimate of drug-likeness (QED) is 0.464. The minimum Gasteiger partial charge on any atom is -0.468 e. The summed E-state index contributed by atoms with van der Waals surface area (Å²) in [7, 11) is 4.12. The molecule has 5 nitrogen and oxygen atoms in total. The molecule has 0 aromatic carbocycles. The highest BCUT2D eigenvalue weighted by atomic mass is 127. The summed E-state index contributed by atoms with van der Waals surface area (Å²) in [6.45, 7) is 5.95. The van der Waals surface area contributed by atoms with Gasteiger partial charge in [-0.1, -0.05) is 0 Å². The van der Waals surface area contributed by atoms with E-state index in [0.29, 0.717) is 6.54 Å². The summed E-state index contributed by atoms with van der Waals surface area (Å²) in [5.74, 6) is 2.00. The Morgan fingerprint density at radius 3 is 2.67 bits per heavy atom. The van der Waals surface area contributed by atoms with E-state index >= 15 is 0 Å². The zero-order valence-corrected chi connectivity index (χ0v) is 15.5. The smallest absolute Gasteiger partial charge is 0.193 e. The van der Waals surface area contributed by atoms with Crippen molar-refractivity contribution < 1.29 is 4.42 Å². The molecule has 6 heteroatoms. The highest BCUT2D eigenvalue weighted by molar-refractivity contribution is 14.0. The molecular weight excluding hydrogens is 379 g/mol. The molecular formula is C15H27IN4O. The summed E-state index contributed by atoms with van der Waals surface area (Å²) in [6, 6.07) is 4.13. The second kappa shape index (κ2) is 9.30. The van der Waals surface area contributed by atoms with Gasteiger partial charge in [0.15, 0.2) is 5.96 Å². The van der Waals surface area contributed by atoms with Gasteiger partial charge in [-0.25, -0.2) is 0 Å². The number of hydrogen-bond acceptors (Lipinski definition) is 3. The van der Waals surface area contributed by atoms with Crippen LogP contribution in [0.4, 0.5) is 0 Å². The van der Waals surface area contributed by atoms with Crippen LogP contribution in [0.15, 0.2) is 27.8 Å². The molecule has 0 radical (unpaired) electrons. The van der Waals surface area contributed by atoms with Gasteiger partial charge >= 0.3 is 0 Å². The number of nitrogens with one attached hydrogen (secondary N) is 1. The predicted octanol–water partition coefficient (Wildman–Crippen LogP) is 2.56. The molecule has 1 atom stereocenters. The second-order valence-corrected chi connectivity index (χ2v) is 5.38. The third-order valence-electron chi connectivity index (χ3n) is 3.65. The van der Waals surface area contributed by atoms with Crippen LogP contribution < -0.4 is 5.32 Å². The van der Waals surface area contributed by atoms with E-state index in [1.807, 2.05) is 12.1 Å². The lowest BCUT2D eigenvalue weighted by Gasteiger charge is -2.24. The molecule has 1 unspecified atom stereocenters. The average Bonchev–Trinajstić information content (AvgIpc) is 3.11. The van der Waals surface area contributed by atoms with Crippen molar-refractivity contribution >= 4 is 29.9 Å². The number of rotatable bonds is 5. The fourth-order valence-electron chi connectivity index (χ4n) is 2.52. The van der Waals surface area contributed by atoms with Crippen LogP contribution in [0.1, 0.15) is 31.6 Å². The molecule has 1 aliphatic heterocycles. The number of nitrogens with zero attached hydrogens (tertiary/aromatic N) is 3. The molecule has 0 amide bonds. The fraction of sp³-hybridized carbons (Fsp3) is 0.667. The average molecular weight is 406 g/mol. The molecule has 2 heterocycles. The van der Waals surface area contributed by atoms with E-state index in [4.69, 9.17) is 9.41 Å². The number of aliphatic imine (C=N–C) groups is 1. The van der Waals surface area contributed by atoms with E-state index in [0.717, 1.165) is 31.4 Å². The van der Waals surface area contributed by atoms with Crippen molar-refractivity contribution in [2.24, 2.45) is 4.99 Å². The Labute approximate surface area is 144 Å². The van der Waals surface area contributed by atoms with Crippen LogP contribution >= 0.6 is 24.0 Å². The molecule has 2 rings (SSSR count). The van der Waals surface area contributed by atoms with E-state index in [2.05, 4.69) is 36.1 Å². The lowest BCUT2D eigenvalue weighted by Crippen LogP contribution is -2.40. The largest absolute Gasteiger partial charge is 0.468 e. The third-order valence-corrected chi connectivity index (χ3v) is 3.65. The molecule has 120 valence electrons. The monoisotopic (exact) mass is 406 g/mol. The number of halogens is 1. The lowest BCUT2D eigenvalue weighted by molar-refractivity contribution is 0.264. The van der Waals surface area contributed by atoms with E-state index < -0.39 is 0 Å². The van der Waals surface area contributed by atoms with Gasteiger partial charge in [-0.3, -0.25) is 9.89 Å². The number of hydrogen-bond donors (Lipinski definition) is 1. The molecule has 1 fully saturated rings. The maximum atomic E-state index is 5.53. The van der Waals surface area contributed by atoms with Crippen molar-refractivity contribution in [2.45, 2.75) is 25.8 Å². The Bertz CT molecular complexity index is 413. The molecule has 0 spiro atoms. The first-order chi connectivity index (χ1) is 9.72. The lowest BCUT2D eigenvalue weighted by atomic mass is 10.2. The summed E-state index contributed by atoms with van der Waals surface area (Å²) in [5, 5.41) is 3.39. The zero-order chi connectivity index (χ0) is 14.4. The van der Waals surface area contributed by atoms with E-state index in [1.165, 1.54) is 12.8 Å². The number of likely N-dealkylation sites (tertiary alicyclic amines) is 1. The van der Waals surface area contributed by atoms with E-state index in [-0.39, 0.29) is 30.0 Å². The van der Waals surface area contributed by atoms with Gasteiger partial charge in [0, 0.05) is 19.6 Å². The Hall–Kier alpha value is -0.760. The fourth-order valence-corrected chi connectivity index (χ4v) is 2.52. The van der Waals surface area contributed by atoms with Crippen molar-refractivity contribution in [3.8, 4) is 0 Å². The Balaban J connectivity index is 0.00000220. The van der Waals surface area contributed by atoms with Gasteiger partial charge in [0.25, 0.3) is 0 Å². The molecule has 1 saturated heterocycles. The second-order valence-electron chi connectivity index (χ2n) is 5.38. The molecule has 1 N–H and O–H groups in total. The van der Waals surface area contributed by atoms with Crippen LogP contribution in [0.25, 0.3) is 0 Å². The molecule has 0 saturated carbocycles. The SMILES string of the molecule is CCNC(=NCC(c1ccco1)N(C)C)N1CCCC1.I. The van der Waals surface area contributed by atoms with E-state index in [1.54, 1.807) is 6.26 Å². The van der Waals surface area contributed by atoms with Crippen molar-refractivity contribution in [2.75, 3.05) is 40.3 Å². The zero-order valence-electron chi connectivity index (χ0n) is 13.2. The van der Waals surface area contributed by atoms with Gasteiger partial charge in [0.1, 0.15) is 5.76 Å². The molecule has 0 aliphatic carbocycles. The van der Waals surface area contributed by atoms with Crippen molar-refractivity contribution in [3.05, 3.63) is 24.2 Å². The van der Waals surface area contributed by atoms with Crippen LogP contribution in [0.2, 0.25) is 0 Å². The van der Waals surface area contributed by atoms with Gasteiger partial charge in [0.05, 0.1) is 18.8 Å². The first-order valence-electron chi connectivity index (χ1n) is 7.45. The Morgan fingerprint density at radius 2 is 2.14 bits per heavy atom.